The summed E-state index contributed by atoms with van der Waals surface area (Å²) in [5, 5.41) is 8.44. The topological polar surface area (TPSA) is 73.1 Å². The second kappa shape index (κ2) is 5.47. The van der Waals surface area contributed by atoms with Crippen LogP contribution in [-0.2, 0) is 4.74 Å². The number of pyridine rings is 1. The van der Waals surface area contributed by atoms with Crippen molar-refractivity contribution in [3.05, 3.63) is 41.9 Å². The first-order valence-electron chi connectivity index (χ1n) is 7.33. The number of benzene rings is 1. The third-order valence-corrected chi connectivity index (χ3v) is 3.75. The number of hydrogen-bond acceptors (Lipinski definition) is 6. The molecule has 0 amide bonds. The zero-order chi connectivity index (χ0) is 14.9. The fourth-order valence-electron chi connectivity index (χ4n) is 2.70. The zero-order valence-electron chi connectivity index (χ0n) is 12.2. The van der Waals surface area contributed by atoms with Gasteiger partial charge >= 0.3 is 0 Å². The number of nitrogens with one attached hydrogen (secondary N) is 1. The maximum Gasteiger partial charge on any atom is 0.258 e. The monoisotopic (exact) mass is 296 g/mol. The minimum absolute atomic E-state index is 0.0135. The number of rotatable bonds is 2. The number of morpholine rings is 1. The summed E-state index contributed by atoms with van der Waals surface area (Å²) in [6.45, 7) is 4.04. The molecule has 1 N–H and O–H groups in total. The lowest BCUT2D eigenvalue weighted by atomic mass is 10.1. The highest BCUT2D eigenvalue weighted by Gasteiger charge is 2.22. The van der Waals surface area contributed by atoms with Gasteiger partial charge in [-0.25, -0.2) is 0 Å². The summed E-state index contributed by atoms with van der Waals surface area (Å²) < 4.78 is 10.9. The molecule has 0 radical (unpaired) electrons. The largest absolute Gasteiger partial charge is 0.378 e. The van der Waals surface area contributed by atoms with Crippen LogP contribution in [0.15, 0.2) is 34.9 Å². The fraction of sp³-hybridized carbons (Fsp3) is 0.312. The predicted molar refractivity (Wildman–Crippen MR) is 81.3 cm³/mol. The summed E-state index contributed by atoms with van der Waals surface area (Å²) in [5.41, 5.74) is 2.77. The average Bonchev–Trinajstić information content (AvgIpc) is 3.05. The van der Waals surface area contributed by atoms with Gasteiger partial charge in [0, 0.05) is 17.6 Å². The lowest BCUT2D eigenvalue weighted by molar-refractivity contribution is 0.0734. The Balaban J connectivity index is 1.77. The highest BCUT2D eigenvalue weighted by Crippen LogP contribution is 2.28. The first-order valence-corrected chi connectivity index (χ1v) is 7.33. The summed E-state index contributed by atoms with van der Waals surface area (Å²) in [6, 6.07) is 9.92. The summed E-state index contributed by atoms with van der Waals surface area (Å²) in [4.78, 5) is 9.08. The number of para-hydroxylation sites is 1. The smallest absolute Gasteiger partial charge is 0.258 e. The highest BCUT2D eigenvalue weighted by molar-refractivity contribution is 5.92. The van der Waals surface area contributed by atoms with Gasteiger partial charge in [0.25, 0.3) is 5.89 Å². The second-order valence-electron chi connectivity index (χ2n) is 5.37. The summed E-state index contributed by atoms with van der Waals surface area (Å²) in [7, 11) is 0. The van der Waals surface area contributed by atoms with Gasteiger partial charge in [-0.3, -0.25) is 4.98 Å². The molecule has 1 fully saturated rings. The lowest BCUT2D eigenvalue weighted by Crippen LogP contribution is -2.35. The van der Waals surface area contributed by atoms with Crippen LogP contribution >= 0.6 is 0 Å². The number of ether oxygens (including phenoxy) is 1. The Morgan fingerprint density at radius 3 is 3.00 bits per heavy atom. The molecule has 3 aromatic rings. The Morgan fingerprint density at radius 1 is 1.23 bits per heavy atom. The van der Waals surface area contributed by atoms with Gasteiger partial charge in [0.1, 0.15) is 0 Å². The van der Waals surface area contributed by atoms with Crippen LogP contribution in [0.4, 0.5) is 0 Å². The molecule has 3 heterocycles. The molecule has 1 aliphatic heterocycles. The van der Waals surface area contributed by atoms with E-state index in [0.717, 1.165) is 35.3 Å². The van der Waals surface area contributed by atoms with Crippen LogP contribution in [0.2, 0.25) is 0 Å². The maximum atomic E-state index is 5.48. The molecule has 1 saturated heterocycles. The van der Waals surface area contributed by atoms with E-state index in [9.17, 15) is 0 Å². The van der Waals surface area contributed by atoms with E-state index in [1.54, 1.807) is 0 Å². The van der Waals surface area contributed by atoms with E-state index < -0.39 is 0 Å². The number of aromatic nitrogens is 3. The van der Waals surface area contributed by atoms with Crippen molar-refractivity contribution >= 4 is 10.9 Å². The Labute approximate surface area is 127 Å². The number of nitrogens with zero attached hydrogens (tertiary/aromatic N) is 3. The van der Waals surface area contributed by atoms with Crippen molar-refractivity contribution in [3.8, 4) is 11.5 Å². The molecule has 1 atom stereocenters. The molecular weight excluding hydrogens is 280 g/mol. The molecule has 2 aromatic heterocycles. The van der Waals surface area contributed by atoms with Gasteiger partial charge < -0.3 is 14.6 Å². The first-order chi connectivity index (χ1) is 10.8. The Hall–Kier alpha value is -2.31. The van der Waals surface area contributed by atoms with Gasteiger partial charge in [0.15, 0.2) is 5.82 Å². The van der Waals surface area contributed by atoms with E-state index >= 15 is 0 Å². The highest BCUT2D eigenvalue weighted by atomic mass is 16.5. The Kier molecular flexibility index (Phi) is 3.32. The molecule has 1 aromatic carbocycles. The standard InChI is InChI=1S/C16H16N4O2/c1-10-8-12(11-4-2-3-5-13(11)18-10)16-19-15(20-22-16)14-9-21-7-6-17-14/h2-5,8,14,17H,6-7,9H2,1H3. The Morgan fingerprint density at radius 2 is 2.14 bits per heavy atom. The number of hydrogen-bond donors (Lipinski definition) is 1. The molecule has 0 spiro atoms. The molecule has 22 heavy (non-hydrogen) atoms. The van der Waals surface area contributed by atoms with Crippen LogP contribution < -0.4 is 5.32 Å². The quantitative estimate of drug-likeness (QED) is 0.782. The molecule has 0 saturated carbocycles. The molecular formula is C16H16N4O2. The van der Waals surface area contributed by atoms with Gasteiger partial charge in [0.05, 0.1) is 30.3 Å². The second-order valence-corrected chi connectivity index (χ2v) is 5.37. The van der Waals surface area contributed by atoms with Crippen LogP contribution in [0.5, 0.6) is 0 Å². The minimum Gasteiger partial charge on any atom is -0.378 e. The van der Waals surface area contributed by atoms with Crippen LogP contribution in [0.3, 0.4) is 0 Å². The predicted octanol–water partition coefficient (Wildman–Crippen LogP) is 2.25. The average molecular weight is 296 g/mol. The lowest BCUT2D eigenvalue weighted by Gasteiger charge is -2.20. The maximum absolute atomic E-state index is 5.48. The third kappa shape index (κ3) is 2.36. The van der Waals surface area contributed by atoms with E-state index in [1.165, 1.54) is 0 Å². The van der Waals surface area contributed by atoms with Crippen molar-refractivity contribution in [2.75, 3.05) is 19.8 Å². The molecule has 112 valence electrons. The first kappa shape index (κ1) is 13.4. The van der Waals surface area contributed by atoms with E-state index in [1.807, 2.05) is 37.3 Å². The number of fused-ring (bicyclic) bond motifs is 1. The van der Waals surface area contributed by atoms with Gasteiger partial charge in [-0.15, -0.1) is 0 Å². The van der Waals surface area contributed by atoms with Crippen molar-refractivity contribution in [1.82, 2.24) is 20.4 Å². The van der Waals surface area contributed by atoms with E-state index in [-0.39, 0.29) is 6.04 Å². The SMILES string of the molecule is Cc1cc(-c2nc(C3COCCN3)no2)c2ccccc2n1. The zero-order valence-corrected chi connectivity index (χ0v) is 12.2. The molecule has 4 rings (SSSR count). The van der Waals surface area contributed by atoms with Crippen molar-refractivity contribution in [2.45, 2.75) is 13.0 Å². The summed E-state index contributed by atoms with van der Waals surface area (Å²) in [5.74, 6) is 1.15. The molecule has 0 aliphatic carbocycles. The third-order valence-electron chi connectivity index (χ3n) is 3.75. The molecule has 6 nitrogen and oxygen atoms in total. The molecule has 1 unspecified atom stereocenters. The van der Waals surface area contributed by atoms with Crippen LogP contribution in [0.1, 0.15) is 17.6 Å². The molecule has 6 heteroatoms. The normalized spacial score (nSPS) is 18.7. The molecule has 1 aliphatic rings. The van der Waals surface area contributed by atoms with E-state index in [0.29, 0.717) is 18.3 Å². The van der Waals surface area contributed by atoms with Crippen LogP contribution in [0.25, 0.3) is 22.4 Å². The minimum atomic E-state index is -0.0135. The van der Waals surface area contributed by atoms with Gasteiger partial charge in [-0.05, 0) is 19.1 Å². The van der Waals surface area contributed by atoms with Crippen LogP contribution in [0, 0.1) is 6.92 Å². The summed E-state index contributed by atoms with van der Waals surface area (Å²) in [6.07, 6.45) is 0. The van der Waals surface area contributed by atoms with Gasteiger partial charge in [-0.1, -0.05) is 23.4 Å². The Bertz CT molecular complexity index is 809. The van der Waals surface area contributed by atoms with E-state index in [2.05, 4.69) is 20.4 Å². The van der Waals surface area contributed by atoms with Gasteiger partial charge in [-0.2, -0.15) is 4.98 Å². The summed E-state index contributed by atoms with van der Waals surface area (Å²) >= 11 is 0. The fourth-order valence-corrected chi connectivity index (χ4v) is 2.70. The van der Waals surface area contributed by atoms with Crippen molar-refractivity contribution in [1.29, 1.82) is 0 Å². The van der Waals surface area contributed by atoms with Crippen LogP contribution in [-0.4, -0.2) is 34.9 Å². The van der Waals surface area contributed by atoms with E-state index in [4.69, 9.17) is 9.26 Å². The van der Waals surface area contributed by atoms with Gasteiger partial charge in [0.2, 0.25) is 0 Å². The van der Waals surface area contributed by atoms with Crippen molar-refractivity contribution in [3.63, 3.8) is 0 Å². The van der Waals surface area contributed by atoms with Crippen molar-refractivity contribution in [2.24, 2.45) is 0 Å². The van der Waals surface area contributed by atoms with Crippen molar-refractivity contribution < 1.29 is 9.26 Å². The molecule has 0 bridgehead atoms. The number of aryl methyl sites for hydroxylation is 1.